The highest BCUT2D eigenvalue weighted by Crippen LogP contribution is 2.43. The van der Waals surface area contributed by atoms with Crippen LogP contribution in [-0.2, 0) is 23.7 Å². The summed E-state index contributed by atoms with van der Waals surface area (Å²) < 4.78 is 28.9. The van der Waals surface area contributed by atoms with E-state index in [1.54, 1.807) is 0 Å². The van der Waals surface area contributed by atoms with Gasteiger partial charge in [-0.1, -0.05) is 5.92 Å². The lowest BCUT2D eigenvalue weighted by Crippen LogP contribution is -2.54. The zero-order chi connectivity index (χ0) is 13.1. The fraction of sp³-hybridized carbons (Fsp3) is 0.846. The van der Waals surface area contributed by atoms with Crippen molar-refractivity contribution in [2.24, 2.45) is 0 Å². The van der Waals surface area contributed by atoms with Crippen molar-refractivity contribution in [1.29, 1.82) is 0 Å². The fourth-order valence-corrected chi connectivity index (χ4v) is 2.75. The molecule has 3 rings (SSSR count). The molecule has 5 atom stereocenters. The van der Waals surface area contributed by atoms with Gasteiger partial charge in [0.05, 0.1) is 0 Å². The van der Waals surface area contributed by atoms with E-state index in [9.17, 15) is 0 Å². The summed E-state index contributed by atoms with van der Waals surface area (Å²) in [7, 11) is 0. The molecule has 18 heavy (non-hydrogen) atoms. The van der Waals surface area contributed by atoms with Crippen LogP contribution in [0.4, 0.5) is 0 Å². The van der Waals surface area contributed by atoms with E-state index >= 15 is 0 Å². The van der Waals surface area contributed by atoms with Crippen molar-refractivity contribution in [2.45, 2.75) is 70.0 Å². The number of fused-ring (bicyclic) bond motifs is 3. The van der Waals surface area contributed by atoms with E-state index in [1.165, 1.54) is 0 Å². The first kappa shape index (κ1) is 12.4. The zero-order valence-corrected chi connectivity index (χ0v) is 11.0. The largest absolute Gasteiger partial charge is 0.341 e. The highest BCUT2D eigenvalue weighted by atomic mass is 16.9. The van der Waals surface area contributed by atoms with Gasteiger partial charge in [-0.3, -0.25) is 0 Å². The maximum atomic E-state index is 5.89. The minimum absolute atomic E-state index is 0.262. The van der Waals surface area contributed by atoms with Gasteiger partial charge in [-0.15, -0.1) is 6.42 Å². The lowest BCUT2D eigenvalue weighted by Gasteiger charge is -2.34. The summed E-state index contributed by atoms with van der Waals surface area (Å²) in [5, 5.41) is 0. The molecule has 0 bridgehead atoms. The first-order valence-electron chi connectivity index (χ1n) is 6.14. The molecule has 0 N–H and O–H groups in total. The van der Waals surface area contributed by atoms with Crippen molar-refractivity contribution in [3.8, 4) is 12.3 Å². The molecule has 0 saturated carbocycles. The van der Waals surface area contributed by atoms with Crippen LogP contribution in [0.5, 0.6) is 0 Å². The second kappa shape index (κ2) is 3.69. The van der Waals surface area contributed by atoms with Crippen LogP contribution in [0.1, 0.15) is 27.7 Å². The average Bonchev–Trinajstić information content (AvgIpc) is 2.71. The Labute approximate surface area is 107 Å². The van der Waals surface area contributed by atoms with Crippen molar-refractivity contribution in [3.05, 3.63) is 0 Å². The van der Waals surface area contributed by atoms with Crippen LogP contribution in [-0.4, -0.2) is 42.3 Å². The smallest absolute Gasteiger partial charge is 0.191 e. The van der Waals surface area contributed by atoms with Gasteiger partial charge in [-0.05, 0) is 27.7 Å². The van der Waals surface area contributed by atoms with E-state index in [1.807, 2.05) is 27.7 Å². The molecule has 0 radical (unpaired) electrons. The Hall–Kier alpha value is -0.640. The van der Waals surface area contributed by atoms with Gasteiger partial charge in [-0.2, -0.15) is 0 Å². The predicted molar refractivity (Wildman–Crippen MR) is 61.4 cm³/mol. The van der Waals surface area contributed by atoms with Crippen molar-refractivity contribution in [2.75, 3.05) is 0 Å². The summed E-state index contributed by atoms with van der Waals surface area (Å²) in [5.41, 5.74) is 0. The van der Waals surface area contributed by atoms with Crippen LogP contribution in [0.15, 0.2) is 0 Å². The Kier molecular flexibility index (Phi) is 2.54. The van der Waals surface area contributed by atoms with Crippen molar-refractivity contribution < 1.29 is 23.7 Å². The molecule has 0 spiro atoms. The van der Waals surface area contributed by atoms with E-state index < -0.39 is 24.0 Å². The lowest BCUT2D eigenvalue weighted by molar-refractivity contribution is -0.220. The molecular weight excluding hydrogens is 236 g/mol. The normalized spacial score (nSPS) is 48.3. The molecule has 5 heteroatoms. The molecule has 0 aromatic carbocycles. The van der Waals surface area contributed by atoms with Gasteiger partial charge in [-0.25, -0.2) is 0 Å². The van der Waals surface area contributed by atoms with E-state index in [0.29, 0.717) is 0 Å². The van der Waals surface area contributed by atoms with Gasteiger partial charge in [0.1, 0.15) is 24.4 Å². The number of hydrogen-bond acceptors (Lipinski definition) is 5. The van der Waals surface area contributed by atoms with Crippen LogP contribution >= 0.6 is 0 Å². The van der Waals surface area contributed by atoms with Crippen LogP contribution in [0.25, 0.3) is 0 Å². The molecule has 0 aliphatic carbocycles. The van der Waals surface area contributed by atoms with Crippen molar-refractivity contribution in [3.63, 3.8) is 0 Å². The van der Waals surface area contributed by atoms with Gasteiger partial charge >= 0.3 is 0 Å². The number of terminal acetylenes is 1. The Morgan fingerprint density at radius 1 is 0.833 bits per heavy atom. The first-order chi connectivity index (χ1) is 8.31. The van der Waals surface area contributed by atoms with Gasteiger partial charge in [0.2, 0.25) is 0 Å². The van der Waals surface area contributed by atoms with E-state index in [-0.39, 0.29) is 18.3 Å². The third-order valence-electron chi connectivity index (χ3n) is 3.32. The summed E-state index contributed by atoms with van der Waals surface area (Å²) in [6.45, 7) is 7.40. The lowest BCUT2D eigenvalue weighted by atomic mass is 9.99. The van der Waals surface area contributed by atoms with E-state index in [4.69, 9.17) is 30.1 Å². The van der Waals surface area contributed by atoms with Gasteiger partial charge in [0, 0.05) is 0 Å². The molecule has 3 aliphatic heterocycles. The van der Waals surface area contributed by atoms with Crippen LogP contribution in [0.2, 0.25) is 0 Å². The van der Waals surface area contributed by atoms with Gasteiger partial charge < -0.3 is 23.7 Å². The molecule has 3 unspecified atom stereocenters. The van der Waals surface area contributed by atoms with Crippen LogP contribution < -0.4 is 0 Å². The Balaban J connectivity index is 1.89. The summed E-state index contributed by atoms with van der Waals surface area (Å²) >= 11 is 0. The minimum atomic E-state index is -0.695. The van der Waals surface area contributed by atoms with Crippen LogP contribution in [0.3, 0.4) is 0 Å². The zero-order valence-electron chi connectivity index (χ0n) is 11.0. The summed E-state index contributed by atoms with van der Waals surface area (Å²) in [4.78, 5) is 0. The van der Waals surface area contributed by atoms with E-state index in [2.05, 4.69) is 5.92 Å². The second-order valence-electron chi connectivity index (χ2n) is 5.76. The molecule has 0 amide bonds. The highest BCUT2D eigenvalue weighted by molar-refractivity contribution is 5.10. The standard InChI is InChI=1S/C13H18O5/c1-6-7-8-9(16-12(2,3)15-8)10-11(14-7)18-13(4,5)17-10/h1,7-11H,2-5H3/t7-,8?,9+,10?,11?/m0/s1. The number of hydrogen-bond donors (Lipinski definition) is 0. The molecule has 3 heterocycles. The molecular formula is C13H18O5. The Bertz CT molecular complexity index is 397. The number of rotatable bonds is 0. The monoisotopic (exact) mass is 254 g/mol. The molecule has 0 aromatic rings. The minimum Gasteiger partial charge on any atom is -0.341 e. The summed E-state index contributed by atoms with van der Waals surface area (Å²) in [6.07, 6.45) is 3.63. The van der Waals surface area contributed by atoms with E-state index in [0.717, 1.165) is 0 Å². The average molecular weight is 254 g/mol. The van der Waals surface area contributed by atoms with Gasteiger partial charge in [0.25, 0.3) is 0 Å². The first-order valence-corrected chi connectivity index (χ1v) is 6.14. The molecule has 5 nitrogen and oxygen atoms in total. The van der Waals surface area contributed by atoms with Crippen LogP contribution in [0, 0.1) is 12.3 Å². The van der Waals surface area contributed by atoms with Crippen molar-refractivity contribution in [1.82, 2.24) is 0 Å². The molecule has 0 aromatic heterocycles. The van der Waals surface area contributed by atoms with Crippen molar-refractivity contribution >= 4 is 0 Å². The molecule has 3 fully saturated rings. The summed E-state index contributed by atoms with van der Waals surface area (Å²) in [6, 6.07) is 0. The fourth-order valence-electron chi connectivity index (χ4n) is 2.75. The molecule has 3 saturated heterocycles. The predicted octanol–water partition coefficient (Wildman–Crippen LogP) is 1.02. The maximum Gasteiger partial charge on any atom is 0.191 e. The second-order valence-corrected chi connectivity index (χ2v) is 5.76. The Morgan fingerprint density at radius 3 is 2.06 bits per heavy atom. The Morgan fingerprint density at radius 2 is 1.39 bits per heavy atom. The third kappa shape index (κ3) is 1.85. The summed E-state index contributed by atoms with van der Waals surface area (Å²) in [5.74, 6) is 1.21. The SMILES string of the molecule is C#C[C@@H]1OC2OC(C)(C)OC2[C@@H]2OC(C)(C)OC21. The topological polar surface area (TPSA) is 46.2 Å². The quantitative estimate of drug-likeness (QED) is 0.604. The third-order valence-corrected chi connectivity index (χ3v) is 3.32. The molecule has 3 aliphatic rings. The highest BCUT2D eigenvalue weighted by Gasteiger charge is 2.60. The number of ether oxygens (including phenoxy) is 5. The maximum absolute atomic E-state index is 5.89. The van der Waals surface area contributed by atoms with Gasteiger partial charge in [0.15, 0.2) is 17.9 Å². The molecule has 100 valence electrons.